The quantitative estimate of drug-likeness (QED) is 0.687. The minimum Gasteiger partial charge on any atom is -0.329 e. The van der Waals surface area contributed by atoms with Gasteiger partial charge >= 0.3 is 0 Å². The Labute approximate surface area is 120 Å². The van der Waals surface area contributed by atoms with Gasteiger partial charge in [0.15, 0.2) is 0 Å². The lowest BCUT2D eigenvalue weighted by molar-refractivity contribution is 0.118. The molecule has 114 valence electrons. The fraction of sp³-hybridized carbons (Fsp3) is 1.00. The van der Waals surface area contributed by atoms with Crippen LogP contribution >= 0.6 is 0 Å². The van der Waals surface area contributed by atoms with Crippen LogP contribution in [-0.2, 0) is 0 Å². The summed E-state index contributed by atoms with van der Waals surface area (Å²) in [5, 5.41) is 0. The summed E-state index contributed by atoms with van der Waals surface area (Å²) in [5.41, 5.74) is 6.31. The molecule has 0 saturated carbocycles. The minimum atomic E-state index is 0.201. The van der Waals surface area contributed by atoms with E-state index in [1.165, 1.54) is 45.2 Å². The van der Waals surface area contributed by atoms with E-state index in [0.717, 1.165) is 12.5 Å². The second-order valence-corrected chi connectivity index (χ2v) is 6.92. The SMILES string of the molecule is CCCCCCC(C)(CN)N1CC(C)C(N(C)C)C1. The predicted molar refractivity (Wildman–Crippen MR) is 84.4 cm³/mol. The monoisotopic (exact) mass is 269 g/mol. The van der Waals surface area contributed by atoms with Crippen molar-refractivity contribution in [1.29, 1.82) is 0 Å². The topological polar surface area (TPSA) is 32.5 Å². The molecule has 3 atom stereocenters. The maximum absolute atomic E-state index is 6.11. The number of hydrogen-bond acceptors (Lipinski definition) is 3. The standard InChI is InChI=1S/C16H35N3/c1-6-7-8-9-10-16(3,13-17)19-11-14(2)15(12-19)18(4)5/h14-15H,6-13,17H2,1-5H3. The lowest BCUT2D eigenvalue weighted by Gasteiger charge is -2.38. The Bertz CT molecular complexity index is 254. The fourth-order valence-electron chi connectivity index (χ4n) is 3.38. The van der Waals surface area contributed by atoms with Crippen molar-refractivity contribution in [2.45, 2.75) is 64.5 Å². The van der Waals surface area contributed by atoms with Crippen LogP contribution in [0.3, 0.4) is 0 Å². The highest BCUT2D eigenvalue weighted by atomic mass is 15.3. The molecule has 1 rings (SSSR count). The molecule has 0 spiro atoms. The van der Waals surface area contributed by atoms with Gasteiger partial charge in [0.2, 0.25) is 0 Å². The van der Waals surface area contributed by atoms with Crippen LogP contribution in [0, 0.1) is 5.92 Å². The molecular formula is C16H35N3. The number of hydrogen-bond donors (Lipinski definition) is 1. The van der Waals surface area contributed by atoms with Crippen LogP contribution in [0.5, 0.6) is 0 Å². The van der Waals surface area contributed by atoms with E-state index in [-0.39, 0.29) is 5.54 Å². The number of likely N-dealkylation sites (N-methyl/N-ethyl adjacent to an activating group) is 1. The van der Waals surface area contributed by atoms with E-state index < -0.39 is 0 Å². The van der Waals surface area contributed by atoms with E-state index in [1.807, 2.05) is 0 Å². The molecule has 1 aliphatic heterocycles. The van der Waals surface area contributed by atoms with Gasteiger partial charge in [0, 0.05) is 31.2 Å². The molecule has 3 heteroatoms. The predicted octanol–water partition coefficient (Wildman–Crippen LogP) is 2.56. The normalized spacial score (nSPS) is 27.9. The number of rotatable bonds is 8. The summed E-state index contributed by atoms with van der Waals surface area (Å²) in [6, 6.07) is 0.682. The number of unbranched alkanes of at least 4 members (excludes halogenated alkanes) is 3. The third kappa shape index (κ3) is 4.44. The van der Waals surface area contributed by atoms with Gasteiger partial charge in [0.1, 0.15) is 0 Å². The van der Waals surface area contributed by atoms with Crippen molar-refractivity contribution >= 4 is 0 Å². The number of nitrogens with zero attached hydrogens (tertiary/aromatic N) is 2. The lowest BCUT2D eigenvalue weighted by Crippen LogP contribution is -2.51. The largest absolute Gasteiger partial charge is 0.329 e. The average molecular weight is 269 g/mol. The summed E-state index contributed by atoms with van der Waals surface area (Å²) in [6.07, 6.45) is 6.59. The van der Waals surface area contributed by atoms with Crippen molar-refractivity contribution in [1.82, 2.24) is 9.80 Å². The van der Waals surface area contributed by atoms with Gasteiger partial charge < -0.3 is 10.6 Å². The molecule has 0 aromatic heterocycles. The number of nitrogens with two attached hydrogens (primary N) is 1. The molecule has 3 unspecified atom stereocenters. The molecule has 2 N–H and O–H groups in total. The molecule has 1 heterocycles. The summed E-state index contributed by atoms with van der Waals surface area (Å²) in [5.74, 6) is 0.747. The highest BCUT2D eigenvalue weighted by Crippen LogP contribution is 2.30. The Hall–Kier alpha value is -0.120. The first-order valence-electron chi connectivity index (χ1n) is 8.06. The second-order valence-electron chi connectivity index (χ2n) is 6.92. The van der Waals surface area contributed by atoms with E-state index in [4.69, 9.17) is 5.73 Å². The lowest BCUT2D eigenvalue weighted by atomic mass is 9.92. The molecule has 0 radical (unpaired) electrons. The van der Waals surface area contributed by atoms with E-state index in [2.05, 4.69) is 44.7 Å². The molecule has 0 aliphatic carbocycles. The van der Waals surface area contributed by atoms with Crippen molar-refractivity contribution in [3.05, 3.63) is 0 Å². The summed E-state index contributed by atoms with van der Waals surface area (Å²) < 4.78 is 0. The van der Waals surface area contributed by atoms with Crippen molar-refractivity contribution < 1.29 is 0 Å². The van der Waals surface area contributed by atoms with Gasteiger partial charge in [-0.15, -0.1) is 0 Å². The minimum absolute atomic E-state index is 0.201. The molecule has 3 nitrogen and oxygen atoms in total. The second kappa shape index (κ2) is 7.61. The molecule has 1 saturated heterocycles. The molecule has 1 aliphatic rings. The Morgan fingerprint density at radius 2 is 1.89 bits per heavy atom. The maximum atomic E-state index is 6.11. The Morgan fingerprint density at radius 3 is 2.37 bits per heavy atom. The van der Waals surface area contributed by atoms with Gasteiger partial charge in [0.25, 0.3) is 0 Å². The molecule has 0 bridgehead atoms. The highest BCUT2D eigenvalue weighted by Gasteiger charge is 2.39. The number of likely N-dealkylation sites (tertiary alicyclic amines) is 1. The van der Waals surface area contributed by atoms with Crippen LogP contribution < -0.4 is 5.73 Å². The first-order valence-corrected chi connectivity index (χ1v) is 8.06. The molecular weight excluding hydrogens is 234 g/mol. The first kappa shape index (κ1) is 16.9. The third-order valence-corrected chi connectivity index (χ3v) is 5.01. The third-order valence-electron chi connectivity index (χ3n) is 5.01. The summed E-state index contributed by atoms with van der Waals surface area (Å²) in [6.45, 7) is 10.2. The van der Waals surface area contributed by atoms with Gasteiger partial charge in [0.05, 0.1) is 0 Å². The fourth-order valence-corrected chi connectivity index (χ4v) is 3.38. The van der Waals surface area contributed by atoms with Crippen molar-refractivity contribution in [2.75, 3.05) is 33.7 Å². The van der Waals surface area contributed by atoms with Gasteiger partial charge in [-0.3, -0.25) is 4.90 Å². The van der Waals surface area contributed by atoms with Crippen LogP contribution in [0.15, 0.2) is 0 Å². The van der Waals surface area contributed by atoms with Gasteiger partial charge in [-0.1, -0.05) is 39.5 Å². The van der Waals surface area contributed by atoms with Crippen LogP contribution in [0.1, 0.15) is 52.9 Å². The van der Waals surface area contributed by atoms with Crippen molar-refractivity contribution in [3.63, 3.8) is 0 Å². The molecule has 19 heavy (non-hydrogen) atoms. The van der Waals surface area contributed by atoms with Crippen LogP contribution in [0.25, 0.3) is 0 Å². The van der Waals surface area contributed by atoms with Gasteiger partial charge in [-0.05, 0) is 33.4 Å². The molecule has 0 amide bonds. The van der Waals surface area contributed by atoms with E-state index in [1.54, 1.807) is 0 Å². The highest BCUT2D eigenvalue weighted by molar-refractivity contribution is 4.96. The van der Waals surface area contributed by atoms with E-state index in [0.29, 0.717) is 6.04 Å². The summed E-state index contributed by atoms with van der Waals surface area (Å²) >= 11 is 0. The first-order chi connectivity index (χ1) is 8.94. The zero-order chi connectivity index (χ0) is 14.5. The maximum Gasteiger partial charge on any atom is 0.0304 e. The zero-order valence-electron chi connectivity index (χ0n) is 13.8. The van der Waals surface area contributed by atoms with Crippen LogP contribution in [0.4, 0.5) is 0 Å². The van der Waals surface area contributed by atoms with Gasteiger partial charge in [-0.2, -0.15) is 0 Å². The molecule has 0 aromatic rings. The van der Waals surface area contributed by atoms with Crippen LogP contribution in [-0.4, -0.2) is 55.1 Å². The Balaban J connectivity index is 2.54. The van der Waals surface area contributed by atoms with Gasteiger partial charge in [-0.25, -0.2) is 0 Å². The van der Waals surface area contributed by atoms with Crippen LogP contribution in [0.2, 0.25) is 0 Å². The van der Waals surface area contributed by atoms with Crippen molar-refractivity contribution in [2.24, 2.45) is 11.7 Å². The Morgan fingerprint density at radius 1 is 1.21 bits per heavy atom. The summed E-state index contributed by atoms with van der Waals surface area (Å²) in [7, 11) is 4.40. The van der Waals surface area contributed by atoms with E-state index >= 15 is 0 Å². The van der Waals surface area contributed by atoms with E-state index in [9.17, 15) is 0 Å². The zero-order valence-corrected chi connectivity index (χ0v) is 13.8. The van der Waals surface area contributed by atoms with Crippen molar-refractivity contribution in [3.8, 4) is 0 Å². The smallest absolute Gasteiger partial charge is 0.0304 e. The summed E-state index contributed by atoms with van der Waals surface area (Å²) in [4.78, 5) is 5.02. The Kier molecular flexibility index (Phi) is 6.78. The molecule has 0 aromatic carbocycles. The average Bonchev–Trinajstić information content (AvgIpc) is 2.77. The molecule has 1 fully saturated rings.